The van der Waals surface area contributed by atoms with E-state index < -0.39 is 11.6 Å². The fourth-order valence-corrected chi connectivity index (χ4v) is 3.64. The van der Waals surface area contributed by atoms with E-state index in [1.807, 2.05) is 30.3 Å². The number of esters is 1. The van der Waals surface area contributed by atoms with Crippen molar-refractivity contribution in [3.63, 3.8) is 0 Å². The van der Waals surface area contributed by atoms with Crippen LogP contribution in [0.5, 0.6) is 0 Å². The Balaban J connectivity index is 1.45. The van der Waals surface area contributed by atoms with E-state index in [4.69, 9.17) is 26.2 Å². The number of oxime groups is 1. The van der Waals surface area contributed by atoms with Crippen molar-refractivity contribution in [3.05, 3.63) is 41.6 Å². The minimum absolute atomic E-state index is 0.358. The summed E-state index contributed by atoms with van der Waals surface area (Å²) in [6.07, 6.45) is 3.76. The second-order valence-corrected chi connectivity index (χ2v) is 7.15. The van der Waals surface area contributed by atoms with Crippen LogP contribution in [0.2, 0.25) is 5.02 Å². The van der Waals surface area contributed by atoms with Crippen molar-refractivity contribution in [1.82, 2.24) is 9.97 Å². The van der Waals surface area contributed by atoms with Crippen LogP contribution in [0.25, 0.3) is 11.4 Å². The Hall–Kier alpha value is -2.67. The molecule has 140 valence electrons. The lowest BCUT2D eigenvalue weighted by molar-refractivity contribution is -0.132. The molecule has 3 heterocycles. The van der Waals surface area contributed by atoms with E-state index in [9.17, 15) is 4.79 Å². The molecule has 0 radical (unpaired) electrons. The topological polar surface area (TPSA) is 76.9 Å². The van der Waals surface area contributed by atoms with Crippen LogP contribution in [0.15, 0.2) is 41.7 Å². The Kier molecular flexibility index (Phi) is 4.70. The van der Waals surface area contributed by atoms with Crippen LogP contribution < -0.4 is 4.90 Å². The lowest BCUT2D eigenvalue weighted by atomic mass is 9.87. The molecule has 0 amide bonds. The van der Waals surface area contributed by atoms with Gasteiger partial charge in [-0.25, -0.2) is 14.8 Å². The van der Waals surface area contributed by atoms with Crippen molar-refractivity contribution in [1.29, 1.82) is 0 Å². The minimum atomic E-state index is -0.420. The zero-order valence-electron chi connectivity index (χ0n) is 14.9. The number of halogens is 1. The maximum atomic E-state index is 11.7. The molecule has 0 bridgehead atoms. The fraction of sp³-hybridized carbons (Fsp3) is 0.368. The summed E-state index contributed by atoms with van der Waals surface area (Å²) in [4.78, 5) is 28.5. The number of methoxy groups -OCH3 is 1. The van der Waals surface area contributed by atoms with Crippen molar-refractivity contribution in [2.75, 3.05) is 25.1 Å². The summed E-state index contributed by atoms with van der Waals surface area (Å²) in [7, 11) is 1.35. The number of benzene rings is 1. The maximum absolute atomic E-state index is 11.7. The van der Waals surface area contributed by atoms with E-state index in [0.29, 0.717) is 23.0 Å². The minimum Gasteiger partial charge on any atom is -0.464 e. The highest BCUT2D eigenvalue weighted by Crippen LogP contribution is 2.36. The first-order valence-corrected chi connectivity index (χ1v) is 9.14. The molecule has 1 aromatic heterocycles. The Bertz CT molecular complexity index is 894. The van der Waals surface area contributed by atoms with Gasteiger partial charge in [-0.15, -0.1) is 0 Å². The highest BCUT2D eigenvalue weighted by Gasteiger charge is 2.44. The Morgan fingerprint density at radius 3 is 2.85 bits per heavy atom. The third kappa shape index (κ3) is 3.60. The average molecular weight is 387 g/mol. The number of carbonyl (C=O) groups is 1. The van der Waals surface area contributed by atoms with Gasteiger partial charge in [0.15, 0.2) is 11.5 Å². The maximum Gasteiger partial charge on any atom is 0.355 e. The highest BCUT2D eigenvalue weighted by atomic mass is 35.5. The van der Waals surface area contributed by atoms with Gasteiger partial charge in [-0.05, 0) is 18.2 Å². The first-order chi connectivity index (χ1) is 13.1. The van der Waals surface area contributed by atoms with Gasteiger partial charge >= 0.3 is 5.97 Å². The molecule has 8 heteroatoms. The molecule has 7 nitrogen and oxygen atoms in total. The van der Waals surface area contributed by atoms with Gasteiger partial charge in [0, 0.05) is 49.1 Å². The molecule has 27 heavy (non-hydrogen) atoms. The molecule has 1 saturated heterocycles. The summed E-state index contributed by atoms with van der Waals surface area (Å²) >= 11 is 6.07. The summed E-state index contributed by atoms with van der Waals surface area (Å²) in [6.45, 7) is 1.52. The van der Waals surface area contributed by atoms with Crippen LogP contribution in [0.1, 0.15) is 19.3 Å². The number of carbonyl (C=O) groups excluding carboxylic acids is 1. The zero-order chi connectivity index (χ0) is 18.9. The lowest BCUT2D eigenvalue weighted by Crippen LogP contribution is -2.45. The first kappa shape index (κ1) is 17.7. The SMILES string of the molecule is COC(=O)C1=NOC2(CCN(c3ccnc(-c4cccc(Cl)c4)n3)CC2)C1. The number of hydrogen-bond acceptors (Lipinski definition) is 7. The molecule has 0 aliphatic carbocycles. The molecule has 1 aromatic carbocycles. The van der Waals surface area contributed by atoms with Crippen LogP contribution in [0, 0.1) is 0 Å². The summed E-state index contributed by atoms with van der Waals surface area (Å²) in [5, 5.41) is 4.58. The summed E-state index contributed by atoms with van der Waals surface area (Å²) in [5.41, 5.74) is 0.826. The van der Waals surface area contributed by atoms with E-state index >= 15 is 0 Å². The number of piperidine rings is 1. The third-order valence-electron chi connectivity index (χ3n) is 4.98. The Morgan fingerprint density at radius 1 is 1.30 bits per heavy atom. The van der Waals surface area contributed by atoms with Gasteiger partial charge in [0.1, 0.15) is 11.4 Å². The van der Waals surface area contributed by atoms with Gasteiger partial charge in [-0.2, -0.15) is 0 Å². The Morgan fingerprint density at radius 2 is 2.11 bits per heavy atom. The van der Waals surface area contributed by atoms with Gasteiger partial charge in [-0.3, -0.25) is 0 Å². The predicted octanol–water partition coefficient (Wildman–Crippen LogP) is 3.09. The van der Waals surface area contributed by atoms with Crippen LogP contribution in [0.3, 0.4) is 0 Å². The van der Waals surface area contributed by atoms with Gasteiger partial charge in [0.05, 0.1) is 7.11 Å². The summed E-state index contributed by atoms with van der Waals surface area (Å²) in [6, 6.07) is 9.40. The van der Waals surface area contributed by atoms with E-state index in [0.717, 1.165) is 37.3 Å². The van der Waals surface area contributed by atoms with Crippen LogP contribution in [-0.2, 0) is 14.4 Å². The second-order valence-electron chi connectivity index (χ2n) is 6.72. The average Bonchev–Trinajstić information content (AvgIpc) is 3.12. The van der Waals surface area contributed by atoms with Gasteiger partial charge in [0.25, 0.3) is 0 Å². The molecular weight excluding hydrogens is 368 g/mol. The van der Waals surface area contributed by atoms with Gasteiger partial charge < -0.3 is 14.5 Å². The monoisotopic (exact) mass is 386 g/mol. The molecule has 0 atom stereocenters. The van der Waals surface area contributed by atoms with Gasteiger partial charge in [-0.1, -0.05) is 28.9 Å². The van der Waals surface area contributed by atoms with E-state index in [1.54, 1.807) is 6.20 Å². The zero-order valence-corrected chi connectivity index (χ0v) is 15.6. The fourth-order valence-electron chi connectivity index (χ4n) is 3.45. The highest BCUT2D eigenvalue weighted by molar-refractivity contribution is 6.36. The van der Waals surface area contributed by atoms with Crippen molar-refractivity contribution >= 4 is 29.1 Å². The third-order valence-corrected chi connectivity index (χ3v) is 5.22. The molecule has 1 spiro atoms. The van der Waals surface area contributed by atoms with Crippen molar-refractivity contribution in [2.24, 2.45) is 5.16 Å². The van der Waals surface area contributed by atoms with Crippen LogP contribution >= 0.6 is 11.6 Å². The van der Waals surface area contributed by atoms with Gasteiger partial charge in [0.2, 0.25) is 0 Å². The number of nitrogens with zero attached hydrogens (tertiary/aromatic N) is 4. The van der Waals surface area contributed by atoms with Crippen molar-refractivity contribution in [2.45, 2.75) is 24.9 Å². The molecule has 0 saturated carbocycles. The molecule has 4 rings (SSSR count). The summed E-state index contributed by atoms with van der Waals surface area (Å²) in [5.74, 6) is 1.09. The number of anilines is 1. The van der Waals surface area contributed by atoms with Crippen LogP contribution in [0.4, 0.5) is 5.82 Å². The lowest BCUT2D eigenvalue weighted by Gasteiger charge is -2.37. The van der Waals surface area contributed by atoms with Crippen LogP contribution in [-0.4, -0.2) is 47.4 Å². The van der Waals surface area contributed by atoms with E-state index in [1.165, 1.54) is 7.11 Å². The standard InChI is InChI=1S/C19H19ClN4O3/c1-26-18(25)15-12-19(27-23-15)6-9-24(10-7-19)16-5-8-21-17(22-16)13-3-2-4-14(20)11-13/h2-5,8,11H,6-7,9-10,12H2,1H3. The molecule has 2 aromatic rings. The summed E-state index contributed by atoms with van der Waals surface area (Å²) < 4.78 is 4.74. The van der Waals surface area contributed by atoms with E-state index in [2.05, 4.69) is 15.0 Å². The first-order valence-electron chi connectivity index (χ1n) is 8.76. The molecule has 0 unspecified atom stereocenters. The molecule has 2 aliphatic heterocycles. The van der Waals surface area contributed by atoms with Crippen molar-refractivity contribution < 1.29 is 14.4 Å². The smallest absolute Gasteiger partial charge is 0.355 e. The number of aromatic nitrogens is 2. The predicted molar refractivity (Wildman–Crippen MR) is 102 cm³/mol. The normalized spacial score (nSPS) is 18.1. The van der Waals surface area contributed by atoms with E-state index in [-0.39, 0.29) is 0 Å². The quantitative estimate of drug-likeness (QED) is 0.754. The second kappa shape index (κ2) is 7.15. The van der Waals surface area contributed by atoms with Crippen molar-refractivity contribution in [3.8, 4) is 11.4 Å². The molecule has 2 aliphatic rings. The number of rotatable bonds is 3. The number of hydrogen-bond donors (Lipinski definition) is 0. The largest absolute Gasteiger partial charge is 0.464 e. The molecule has 1 fully saturated rings. The Labute approximate surface area is 162 Å². The molecule has 0 N–H and O–H groups in total. The number of ether oxygens (including phenoxy) is 1. The molecular formula is C19H19ClN4O3.